The number of carbonyl (C=O) groups is 1. The van der Waals surface area contributed by atoms with Crippen LogP contribution in [0.2, 0.25) is 0 Å². The molecule has 1 aromatic rings. The summed E-state index contributed by atoms with van der Waals surface area (Å²) in [6.45, 7) is 5.75. The molecule has 0 radical (unpaired) electrons. The summed E-state index contributed by atoms with van der Waals surface area (Å²) in [5, 5.41) is 0. The van der Waals surface area contributed by atoms with Crippen LogP contribution < -0.4 is 5.73 Å². The monoisotopic (exact) mass is 175 g/mol. The van der Waals surface area contributed by atoms with Crippen molar-refractivity contribution in [2.75, 3.05) is 5.73 Å². The molecule has 2 N–H and O–H groups in total. The fourth-order valence-electron chi connectivity index (χ4n) is 1.14. The molecular weight excluding hydrogens is 162 g/mol. The minimum absolute atomic E-state index is 0.368. The minimum atomic E-state index is 0.368. The van der Waals surface area contributed by atoms with Crippen molar-refractivity contribution in [2.24, 2.45) is 0 Å². The van der Waals surface area contributed by atoms with Gasteiger partial charge in [-0.05, 0) is 30.2 Å². The summed E-state index contributed by atoms with van der Waals surface area (Å²) < 4.78 is 0. The molecule has 0 saturated carbocycles. The third-order valence-electron chi connectivity index (χ3n) is 1.94. The van der Waals surface area contributed by atoms with Crippen molar-refractivity contribution in [3.05, 3.63) is 35.9 Å². The second-order valence-corrected chi connectivity index (χ2v) is 3.06. The highest BCUT2D eigenvalue weighted by atomic mass is 16.1. The Kier molecular flexibility index (Phi) is 2.85. The lowest BCUT2D eigenvalue weighted by molar-refractivity contribution is -0.107. The van der Waals surface area contributed by atoms with Crippen LogP contribution in [-0.2, 0) is 11.2 Å². The molecule has 0 unspecified atom stereocenters. The van der Waals surface area contributed by atoms with Crippen LogP contribution in [0.25, 0.3) is 5.57 Å². The molecule has 13 heavy (non-hydrogen) atoms. The van der Waals surface area contributed by atoms with E-state index >= 15 is 0 Å². The fourth-order valence-corrected chi connectivity index (χ4v) is 1.14. The molecule has 0 heterocycles. The highest BCUT2D eigenvalue weighted by Gasteiger charge is 2.00. The molecule has 0 aromatic heterocycles. The Morgan fingerprint density at radius 1 is 1.62 bits per heavy atom. The number of allylic oxidation sites excluding steroid dienone is 1. The van der Waals surface area contributed by atoms with Crippen molar-refractivity contribution in [2.45, 2.75) is 13.3 Å². The Bertz CT molecular complexity index is 342. The van der Waals surface area contributed by atoms with Gasteiger partial charge in [0.2, 0.25) is 0 Å². The lowest BCUT2D eigenvalue weighted by Gasteiger charge is -2.05. The largest absolute Gasteiger partial charge is 0.398 e. The molecule has 0 atom stereocenters. The lowest BCUT2D eigenvalue weighted by atomic mass is 10.0. The number of benzene rings is 1. The van der Waals surface area contributed by atoms with Gasteiger partial charge in [-0.15, -0.1) is 0 Å². The average molecular weight is 175 g/mol. The van der Waals surface area contributed by atoms with Crippen LogP contribution in [-0.4, -0.2) is 6.29 Å². The van der Waals surface area contributed by atoms with Crippen molar-refractivity contribution in [1.29, 1.82) is 0 Å². The van der Waals surface area contributed by atoms with E-state index < -0.39 is 0 Å². The zero-order valence-corrected chi connectivity index (χ0v) is 7.71. The first-order valence-electron chi connectivity index (χ1n) is 4.13. The number of nitrogens with two attached hydrogens (primary N) is 1. The second-order valence-electron chi connectivity index (χ2n) is 3.06. The normalized spacial score (nSPS) is 9.62. The van der Waals surface area contributed by atoms with Gasteiger partial charge >= 0.3 is 0 Å². The smallest absolute Gasteiger partial charge is 0.124 e. The summed E-state index contributed by atoms with van der Waals surface area (Å²) in [7, 11) is 0. The number of rotatable bonds is 3. The zero-order valence-electron chi connectivity index (χ0n) is 7.71. The SMILES string of the molecule is C=C(C)c1ccc(N)c(CC=O)c1. The van der Waals surface area contributed by atoms with Crippen molar-refractivity contribution < 1.29 is 4.79 Å². The van der Waals surface area contributed by atoms with Crippen LogP contribution in [0.15, 0.2) is 24.8 Å². The number of nitrogen functional groups attached to an aromatic ring is 1. The Morgan fingerprint density at radius 3 is 2.85 bits per heavy atom. The van der Waals surface area contributed by atoms with Crippen molar-refractivity contribution in [1.82, 2.24) is 0 Å². The van der Waals surface area contributed by atoms with Crippen LogP contribution >= 0.6 is 0 Å². The van der Waals surface area contributed by atoms with E-state index in [2.05, 4.69) is 6.58 Å². The minimum Gasteiger partial charge on any atom is -0.398 e. The first-order valence-corrected chi connectivity index (χ1v) is 4.13. The van der Waals surface area contributed by atoms with E-state index in [-0.39, 0.29) is 0 Å². The van der Waals surface area contributed by atoms with E-state index in [9.17, 15) is 4.79 Å². The summed E-state index contributed by atoms with van der Waals surface area (Å²) >= 11 is 0. The van der Waals surface area contributed by atoms with E-state index in [1.165, 1.54) is 0 Å². The standard InChI is InChI=1S/C11H13NO/c1-8(2)9-3-4-11(12)10(7-9)5-6-13/h3-4,6-7H,1,5,12H2,2H3. The van der Waals surface area contributed by atoms with E-state index in [1.807, 2.05) is 25.1 Å². The first-order chi connectivity index (χ1) is 6.15. The molecule has 68 valence electrons. The zero-order chi connectivity index (χ0) is 9.84. The van der Waals surface area contributed by atoms with Crippen LogP contribution in [0.1, 0.15) is 18.1 Å². The summed E-state index contributed by atoms with van der Waals surface area (Å²) in [6.07, 6.45) is 1.22. The molecular formula is C11H13NO. The second kappa shape index (κ2) is 3.90. The number of anilines is 1. The number of hydrogen-bond acceptors (Lipinski definition) is 2. The van der Waals surface area contributed by atoms with Crippen molar-refractivity contribution in [3.8, 4) is 0 Å². The Morgan fingerprint density at radius 2 is 2.31 bits per heavy atom. The van der Waals surface area contributed by atoms with Gasteiger partial charge in [0, 0.05) is 12.1 Å². The maximum Gasteiger partial charge on any atom is 0.124 e. The lowest BCUT2D eigenvalue weighted by Crippen LogP contribution is -1.96. The molecule has 0 amide bonds. The van der Waals surface area contributed by atoms with Crippen LogP contribution in [0, 0.1) is 0 Å². The Labute approximate surface area is 78.1 Å². The molecule has 0 spiro atoms. The maximum absolute atomic E-state index is 10.3. The average Bonchev–Trinajstić information content (AvgIpc) is 2.08. The van der Waals surface area contributed by atoms with E-state index in [4.69, 9.17) is 5.73 Å². The summed E-state index contributed by atoms with van der Waals surface area (Å²) in [5.41, 5.74) is 9.23. The number of aldehydes is 1. The van der Waals surface area contributed by atoms with Gasteiger partial charge in [-0.1, -0.05) is 18.2 Å². The van der Waals surface area contributed by atoms with Crippen molar-refractivity contribution in [3.63, 3.8) is 0 Å². The Hall–Kier alpha value is -1.57. The third kappa shape index (κ3) is 2.18. The highest BCUT2D eigenvalue weighted by molar-refractivity contribution is 5.68. The van der Waals surface area contributed by atoms with Crippen molar-refractivity contribution >= 4 is 17.5 Å². The predicted octanol–water partition coefficient (Wildman–Crippen LogP) is 2.04. The van der Waals surface area contributed by atoms with Gasteiger partial charge in [0.15, 0.2) is 0 Å². The molecule has 0 aliphatic carbocycles. The molecule has 0 saturated heterocycles. The molecule has 0 aliphatic heterocycles. The van der Waals surface area contributed by atoms with Crippen LogP contribution in [0.3, 0.4) is 0 Å². The fraction of sp³-hybridized carbons (Fsp3) is 0.182. The van der Waals surface area contributed by atoms with E-state index in [1.54, 1.807) is 0 Å². The molecule has 0 fully saturated rings. The van der Waals surface area contributed by atoms with Gasteiger partial charge in [-0.3, -0.25) is 0 Å². The van der Waals surface area contributed by atoms with E-state index in [0.29, 0.717) is 12.1 Å². The topological polar surface area (TPSA) is 43.1 Å². The summed E-state index contributed by atoms with van der Waals surface area (Å²) in [6, 6.07) is 5.63. The number of carbonyl (C=O) groups excluding carboxylic acids is 1. The molecule has 1 rings (SSSR count). The predicted molar refractivity (Wildman–Crippen MR) is 55.3 cm³/mol. The van der Waals surface area contributed by atoms with Crippen LogP contribution in [0.5, 0.6) is 0 Å². The van der Waals surface area contributed by atoms with E-state index in [0.717, 1.165) is 23.0 Å². The summed E-state index contributed by atoms with van der Waals surface area (Å²) in [4.78, 5) is 10.3. The summed E-state index contributed by atoms with van der Waals surface area (Å²) in [5.74, 6) is 0. The Balaban J connectivity index is 3.10. The van der Waals surface area contributed by atoms with Gasteiger partial charge in [-0.25, -0.2) is 0 Å². The quantitative estimate of drug-likeness (QED) is 0.564. The van der Waals surface area contributed by atoms with Gasteiger partial charge in [-0.2, -0.15) is 0 Å². The maximum atomic E-state index is 10.3. The van der Waals surface area contributed by atoms with Gasteiger partial charge in [0.05, 0.1) is 0 Å². The molecule has 2 heteroatoms. The molecule has 0 aliphatic rings. The van der Waals surface area contributed by atoms with Gasteiger partial charge < -0.3 is 10.5 Å². The van der Waals surface area contributed by atoms with Gasteiger partial charge in [0.25, 0.3) is 0 Å². The third-order valence-corrected chi connectivity index (χ3v) is 1.94. The van der Waals surface area contributed by atoms with Gasteiger partial charge in [0.1, 0.15) is 6.29 Å². The van der Waals surface area contributed by atoms with Crippen LogP contribution in [0.4, 0.5) is 5.69 Å². The molecule has 1 aromatic carbocycles. The highest BCUT2D eigenvalue weighted by Crippen LogP contribution is 2.18. The first kappa shape index (κ1) is 9.52. The number of hydrogen-bond donors (Lipinski definition) is 1. The molecule has 0 bridgehead atoms. The molecule has 2 nitrogen and oxygen atoms in total.